The van der Waals surface area contributed by atoms with Gasteiger partial charge in [0.05, 0.1) is 17.4 Å². The van der Waals surface area contributed by atoms with Crippen LogP contribution in [0.2, 0.25) is 0 Å². The minimum Gasteiger partial charge on any atom is -0.549 e. The zero-order valence-corrected chi connectivity index (χ0v) is 15.6. The molecule has 0 spiro atoms. The fraction of sp³-hybridized carbons (Fsp3) is 0.833. The summed E-state index contributed by atoms with van der Waals surface area (Å²) in [5.74, 6) is -3.09. The van der Waals surface area contributed by atoms with Crippen molar-refractivity contribution in [1.82, 2.24) is 0 Å². The molecule has 0 atom stereocenters. The van der Waals surface area contributed by atoms with E-state index in [9.17, 15) is 19.8 Å². The largest absolute Gasteiger partial charge is 1.00 e. The van der Waals surface area contributed by atoms with E-state index in [1.54, 1.807) is 20.8 Å². The number of aliphatic carboxylic acids is 2. The van der Waals surface area contributed by atoms with Crippen LogP contribution < -0.4 is 80.5 Å². The molecule has 0 unspecified atom stereocenters. The molecular formula is C12H20KLiO4. The van der Waals surface area contributed by atoms with Gasteiger partial charge in [-0.3, -0.25) is 0 Å². The molecule has 0 fully saturated rings. The van der Waals surface area contributed by atoms with E-state index in [0.717, 1.165) is 12.8 Å². The third-order valence-corrected chi connectivity index (χ3v) is 3.13. The van der Waals surface area contributed by atoms with Crippen molar-refractivity contribution in [2.24, 2.45) is 10.8 Å². The van der Waals surface area contributed by atoms with Gasteiger partial charge in [-0.2, -0.15) is 0 Å². The summed E-state index contributed by atoms with van der Waals surface area (Å²) in [4.78, 5) is 22.3. The van der Waals surface area contributed by atoms with E-state index in [1.807, 2.05) is 6.92 Å². The zero-order valence-electron chi connectivity index (χ0n) is 12.5. The summed E-state index contributed by atoms with van der Waals surface area (Å²) in [5.41, 5.74) is -2.82. The average molecular weight is 274 g/mol. The standard InChI is InChI=1S/C12H22O4.K.Li/c1-5-6-7-8-12(9(13)14,10(15)16)11(2,3)4;;/h5-8H2,1-4H3,(H,13,14)(H,15,16);;/q;2*+1/p-2. The Balaban J connectivity index is -0.00000112. The van der Waals surface area contributed by atoms with Gasteiger partial charge in [0.2, 0.25) is 0 Å². The molecule has 0 saturated heterocycles. The second-order valence-electron chi connectivity index (χ2n) is 5.19. The summed E-state index contributed by atoms with van der Waals surface area (Å²) in [6, 6.07) is 0. The summed E-state index contributed by atoms with van der Waals surface area (Å²) >= 11 is 0. The first-order chi connectivity index (χ1) is 7.20. The van der Waals surface area contributed by atoms with E-state index in [4.69, 9.17) is 0 Å². The molecule has 0 aliphatic carbocycles. The van der Waals surface area contributed by atoms with Crippen LogP contribution in [0.15, 0.2) is 0 Å². The topological polar surface area (TPSA) is 80.3 Å². The Labute approximate surface area is 164 Å². The predicted molar refractivity (Wildman–Crippen MR) is 56.0 cm³/mol. The van der Waals surface area contributed by atoms with Crippen LogP contribution >= 0.6 is 0 Å². The van der Waals surface area contributed by atoms with Gasteiger partial charge in [0, 0.05) is 0 Å². The molecule has 0 rings (SSSR count). The van der Waals surface area contributed by atoms with Crippen molar-refractivity contribution in [2.75, 3.05) is 0 Å². The number of carbonyl (C=O) groups excluding carboxylic acids is 2. The van der Waals surface area contributed by atoms with Crippen molar-refractivity contribution in [1.29, 1.82) is 0 Å². The van der Waals surface area contributed by atoms with Crippen LogP contribution in [0.4, 0.5) is 0 Å². The minimum absolute atomic E-state index is 0. The Morgan fingerprint density at radius 3 is 1.61 bits per heavy atom. The number of rotatable bonds is 6. The Morgan fingerprint density at radius 1 is 1.00 bits per heavy atom. The molecule has 0 aliphatic heterocycles. The quantitative estimate of drug-likeness (QED) is 0.274. The zero-order chi connectivity index (χ0) is 13.0. The molecule has 0 saturated carbocycles. The number of hydrogen-bond donors (Lipinski definition) is 0. The maximum atomic E-state index is 11.2. The van der Waals surface area contributed by atoms with Crippen molar-refractivity contribution in [3.63, 3.8) is 0 Å². The average Bonchev–Trinajstić information content (AvgIpc) is 2.08. The maximum Gasteiger partial charge on any atom is 1.00 e. The number of carboxylic acids is 2. The number of carboxylic acid groups (broad SMARTS) is 2. The molecule has 6 heteroatoms. The molecule has 0 aromatic heterocycles. The normalized spacial score (nSPS) is 11.1. The first-order valence-corrected chi connectivity index (χ1v) is 5.63. The molecule has 0 aromatic rings. The molecule has 94 valence electrons. The Bertz CT molecular complexity index is 260. The van der Waals surface area contributed by atoms with Crippen molar-refractivity contribution in [3.8, 4) is 0 Å². The van der Waals surface area contributed by atoms with Crippen LogP contribution in [0.1, 0.15) is 53.4 Å². The molecule has 0 aromatic carbocycles. The number of unbranched alkanes of at least 4 members (excludes halogenated alkanes) is 2. The molecule has 18 heavy (non-hydrogen) atoms. The SMILES string of the molecule is CCCCCC(C(=O)[O-])(C(=O)[O-])C(C)(C)C.[K+].[Li+]. The van der Waals surface area contributed by atoms with Gasteiger partial charge in [-0.1, -0.05) is 47.0 Å². The molecular weight excluding hydrogens is 254 g/mol. The van der Waals surface area contributed by atoms with Crippen LogP contribution in [0, 0.1) is 10.8 Å². The predicted octanol–water partition coefficient (Wildman–Crippen LogP) is -5.89. The molecule has 4 nitrogen and oxygen atoms in total. The van der Waals surface area contributed by atoms with Crippen LogP contribution in [0.3, 0.4) is 0 Å². The monoisotopic (exact) mass is 274 g/mol. The van der Waals surface area contributed by atoms with Gasteiger partial charge in [-0.25, -0.2) is 0 Å². The van der Waals surface area contributed by atoms with Crippen molar-refractivity contribution >= 4 is 11.9 Å². The van der Waals surface area contributed by atoms with Gasteiger partial charge in [0.15, 0.2) is 0 Å². The Morgan fingerprint density at radius 2 is 1.39 bits per heavy atom. The number of hydrogen-bond acceptors (Lipinski definition) is 4. The Kier molecular flexibility index (Phi) is 13.4. The van der Waals surface area contributed by atoms with E-state index in [0.29, 0.717) is 6.42 Å². The van der Waals surface area contributed by atoms with Crippen LogP contribution in [0.5, 0.6) is 0 Å². The summed E-state index contributed by atoms with van der Waals surface area (Å²) in [5, 5.41) is 22.3. The van der Waals surface area contributed by atoms with E-state index in [2.05, 4.69) is 0 Å². The summed E-state index contributed by atoms with van der Waals surface area (Å²) in [7, 11) is 0. The molecule has 0 radical (unpaired) electrons. The van der Waals surface area contributed by atoms with Gasteiger partial charge in [-0.15, -0.1) is 0 Å². The van der Waals surface area contributed by atoms with Gasteiger partial charge in [0.1, 0.15) is 0 Å². The van der Waals surface area contributed by atoms with Gasteiger partial charge in [-0.05, 0) is 11.8 Å². The summed E-state index contributed by atoms with van der Waals surface area (Å²) < 4.78 is 0. The summed E-state index contributed by atoms with van der Waals surface area (Å²) in [6.07, 6.45) is 2.32. The first kappa shape index (κ1) is 24.2. The van der Waals surface area contributed by atoms with Crippen molar-refractivity contribution in [2.45, 2.75) is 53.4 Å². The van der Waals surface area contributed by atoms with E-state index < -0.39 is 22.8 Å². The third kappa shape index (κ3) is 5.66. The fourth-order valence-corrected chi connectivity index (χ4v) is 1.91. The van der Waals surface area contributed by atoms with Crippen molar-refractivity contribution < 1.29 is 90.0 Å². The fourth-order valence-electron chi connectivity index (χ4n) is 1.91. The number of carbonyl (C=O) groups is 2. The smallest absolute Gasteiger partial charge is 0.549 e. The van der Waals surface area contributed by atoms with Crippen LogP contribution in [-0.2, 0) is 9.59 Å². The van der Waals surface area contributed by atoms with Gasteiger partial charge < -0.3 is 19.8 Å². The Hall–Kier alpha value is 1.17. The molecule has 0 heterocycles. The third-order valence-electron chi connectivity index (χ3n) is 3.13. The van der Waals surface area contributed by atoms with Crippen LogP contribution in [-0.4, -0.2) is 11.9 Å². The molecule has 0 N–H and O–H groups in total. The minimum atomic E-state index is -1.90. The van der Waals surface area contributed by atoms with Crippen molar-refractivity contribution in [3.05, 3.63) is 0 Å². The maximum absolute atomic E-state index is 11.2. The van der Waals surface area contributed by atoms with Gasteiger partial charge >= 0.3 is 70.2 Å². The second kappa shape index (κ2) is 9.98. The van der Waals surface area contributed by atoms with E-state index in [-0.39, 0.29) is 76.7 Å². The molecule has 0 bridgehead atoms. The van der Waals surface area contributed by atoms with E-state index >= 15 is 0 Å². The molecule has 0 aliphatic rings. The van der Waals surface area contributed by atoms with Gasteiger partial charge in [0.25, 0.3) is 0 Å². The molecule has 0 amide bonds. The summed E-state index contributed by atoms with van der Waals surface area (Å²) in [6.45, 7) is 6.73. The first-order valence-electron chi connectivity index (χ1n) is 5.63. The van der Waals surface area contributed by atoms with E-state index in [1.165, 1.54) is 0 Å². The second-order valence-corrected chi connectivity index (χ2v) is 5.19. The van der Waals surface area contributed by atoms with Crippen LogP contribution in [0.25, 0.3) is 0 Å².